The molecule has 0 saturated heterocycles. The summed E-state index contributed by atoms with van der Waals surface area (Å²) in [5.41, 5.74) is 3.03. The molecule has 2 aromatic carbocycles. The van der Waals surface area contributed by atoms with E-state index in [4.69, 9.17) is 12.2 Å². The zero-order valence-electron chi connectivity index (χ0n) is 14.3. The van der Waals surface area contributed by atoms with Crippen LogP contribution in [-0.2, 0) is 11.2 Å². The molecule has 0 unspecified atom stereocenters. The molecule has 2 amide bonds. The lowest BCUT2D eigenvalue weighted by Crippen LogP contribution is -2.36. The third-order valence-electron chi connectivity index (χ3n) is 3.62. The van der Waals surface area contributed by atoms with E-state index in [1.54, 1.807) is 24.3 Å². The monoisotopic (exact) mass is 355 g/mol. The average Bonchev–Trinajstić information content (AvgIpc) is 2.57. The fourth-order valence-electron chi connectivity index (χ4n) is 2.35. The number of carbonyl (C=O) groups is 2. The van der Waals surface area contributed by atoms with Crippen molar-refractivity contribution in [2.75, 3.05) is 11.9 Å². The number of nitrogens with one attached hydrogen (secondary N) is 3. The number of aryl methyl sites for hydroxylation is 1. The molecule has 6 heteroatoms. The number of thiocarbonyl (C=S) groups is 1. The minimum Gasteiger partial charge on any atom is -0.352 e. The van der Waals surface area contributed by atoms with Gasteiger partial charge in [0.25, 0.3) is 5.91 Å². The predicted molar refractivity (Wildman–Crippen MR) is 104 cm³/mol. The predicted octanol–water partition coefficient (Wildman–Crippen LogP) is 2.80. The molecule has 0 atom stereocenters. The summed E-state index contributed by atoms with van der Waals surface area (Å²) >= 11 is 5.20. The Morgan fingerprint density at radius 2 is 1.72 bits per heavy atom. The SMILES string of the molecule is CCNC(=O)c1ccccc1NC(=S)NC(=O)Cc1ccccc1C. The van der Waals surface area contributed by atoms with Crippen molar-refractivity contribution in [1.82, 2.24) is 10.6 Å². The number of hydrogen-bond donors (Lipinski definition) is 3. The molecule has 130 valence electrons. The number of rotatable bonds is 5. The minimum absolute atomic E-state index is 0.162. The summed E-state index contributed by atoms with van der Waals surface area (Å²) in [7, 11) is 0. The van der Waals surface area contributed by atoms with Gasteiger partial charge in [0.1, 0.15) is 0 Å². The van der Waals surface area contributed by atoms with Crippen molar-refractivity contribution in [1.29, 1.82) is 0 Å². The van der Waals surface area contributed by atoms with Crippen molar-refractivity contribution in [3.8, 4) is 0 Å². The first-order valence-corrected chi connectivity index (χ1v) is 8.44. The lowest BCUT2D eigenvalue weighted by Gasteiger charge is -2.13. The number of anilines is 1. The van der Waals surface area contributed by atoms with Gasteiger partial charge in [0.15, 0.2) is 5.11 Å². The standard InChI is InChI=1S/C19H21N3O2S/c1-3-20-18(24)15-10-6-7-11-16(15)21-19(25)22-17(23)12-14-9-5-4-8-13(14)2/h4-11H,3,12H2,1-2H3,(H,20,24)(H2,21,22,23,25). The summed E-state index contributed by atoms with van der Waals surface area (Å²) < 4.78 is 0. The topological polar surface area (TPSA) is 70.2 Å². The summed E-state index contributed by atoms with van der Waals surface area (Å²) in [6.07, 6.45) is 0.243. The normalized spacial score (nSPS) is 10.0. The molecule has 0 saturated carbocycles. The molecule has 5 nitrogen and oxygen atoms in total. The van der Waals surface area contributed by atoms with Crippen LogP contribution in [0, 0.1) is 6.92 Å². The van der Waals surface area contributed by atoms with Gasteiger partial charge in [-0.05, 0) is 49.3 Å². The van der Waals surface area contributed by atoms with Crippen LogP contribution in [0.25, 0.3) is 0 Å². The number of benzene rings is 2. The first kappa shape index (κ1) is 18.6. The van der Waals surface area contributed by atoms with Crippen molar-refractivity contribution in [2.24, 2.45) is 0 Å². The van der Waals surface area contributed by atoms with Crippen molar-refractivity contribution in [3.63, 3.8) is 0 Å². The Bertz CT molecular complexity index is 790. The summed E-state index contributed by atoms with van der Waals surface area (Å²) in [5.74, 6) is -0.401. The van der Waals surface area contributed by atoms with E-state index in [9.17, 15) is 9.59 Å². The Labute approximate surface area is 152 Å². The highest BCUT2D eigenvalue weighted by Crippen LogP contribution is 2.15. The fourth-order valence-corrected chi connectivity index (χ4v) is 2.58. The molecule has 0 fully saturated rings. The average molecular weight is 355 g/mol. The van der Waals surface area contributed by atoms with Gasteiger partial charge in [-0.1, -0.05) is 36.4 Å². The second-order valence-electron chi connectivity index (χ2n) is 5.51. The second kappa shape index (κ2) is 8.94. The Morgan fingerprint density at radius 3 is 2.44 bits per heavy atom. The largest absolute Gasteiger partial charge is 0.352 e. The molecule has 0 bridgehead atoms. The van der Waals surface area contributed by atoms with Crippen LogP contribution in [0.5, 0.6) is 0 Å². The van der Waals surface area contributed by atoms with Gasteiger partial charge in [-0.2, -0.15) is 0 Å². The van der Waals surface area contributed by atoms with Gasteiger partial charge >= 0.3 is 0 Å². The summed E-state index contributed by atoms with van der Waals surface area (Å²) in [4.78, 5) is 24.2. The Balaban J connectivity index is 2.00. The van der Waals surface area contributed by atoms with E-state index in [2.05, 4.69) is 16.0 Å². The summed E-state index contributed by atoms with van der Waals surface area (Å²) in [5, 5.41) is 8.48. The maximum atomic E-state index is 12.2. The molecule has 25 heavy (non-hydrogen) atoms. The third kappa shape index (κ3) is 5.39. The Kier molecular flexibility index (Phi) is 6.65. The Morgan fingerprint density at radius 1 is 1.04 bits per heavy atom. The van der Waals surface area contributed by atoms with Crippen LogP contribution in [-0.4, -0.2) is 23.5 Å². The van der Waals surface area contributed by atoms with Crippen LogP contribution >= 0.6 is 12.2 Å². The smallest absolute Gasteiger partial charge is 0.253 e. The van der Waals surface area contributed by atoms with Crippen LogP contribution in [0.4, 0.5) is 5.69 Å². The van der Waals surface area contributed by atoms with Crippen LogP contribution in [0.1, 0.15) is 28.4 Å². The maximum Gasteiger partial charge on any atom is 0.253 e. The zero-order valence-corrected chi connectivity index (χ0v) is 15.1. The van der Waals surface area contributed by atoms with Gasteiger partial charge in [0.05, 0.1) is 17.7 Å². The maximum absolute atomic E-state index is 12.2. The third-order valence-corrected chi connectivity index (χ3v) is 3.83. The molecule has 0 aliphatic rings. The van der Waals surface area contributed by atoms with Gasteiger partial charge in [0, 0.05) is 6.54 Å². The molecule has 2 rings (SSSR count). The van der Waals surface area contributed by atoms with Crippen molar-refractivity contribution in [3.05, 3.63) is 65.2 Å². The van der Waals surface area contributed by atoms with Gasteiger partial charge in [-0.3, -0.25) is 9.59 Å². The molecular weight excluding hydrogens is 334 g/mol. The molecule has 0 spiro atoms. The zero-order chi connectivity index (χ0) is 18.2. The van der Waals surface area contributed by atoms with Crippen molar-refractivity contribution < 1.29 is 9.59 Å². The van der Waals surface area contributed by atoms with Crippen LogP contribution < -0.4 is 16.0 Å². The summed E-state index contributed by atoms with van der Waals surface area (Å²) in [6, 6.07) is 14.7. The quantitative estimate of drug-likeness (QED) is 0.722. The van der Waals surface area contributed by atoms with E-state index in [-0.39, 0.29) is 23.3 Å². The van der Waals surface area contributed by atoms with Crippen molar-refractivity contribution in [2.45, 2.75) is 20.3 Å². The first-order chi connectivity index (χ1) is 12.0. The molecule has 0 aliphatic heterocycles. The van der Waals surface area contributed by atoms with Gasteiger partial charge < -0.3 is 16.0 Å². The fraction of sp³-hybridized carbons (Fsp3) is 0.211. The highest BCUT2D eigenvalue weighted by Gasteiger charge is 2.12. The molecule has 2 aromatic rings. The lowest BCUT2D eigenvalue weighted by atomic mass is 10.1. The number of hydrogen-bond acceptors (Lipinski definition) is 3. The van der Waals surface area contributed by atoms with Gasteiger partial charge in [-0.25, -0.2) is 0 Å². The summed E-state index contributed by atoms with van der Waals surface area (Å²) in [6.45, 7) is 4.34. The van der Waals surface area contributed by atoms with E-state index in [0.29, 0.717) is 17.8 Å². The van der Waals surface area contributed by atoms with Crippen LogP contribution in [0.15, 0.2) is 48.5 Å². The molecule has 0 radical (unpaired) electrons. The highest BCUT2D eigenvalue weighted by atomic mass is 32.1. The number of amides is 2. The molecule has 3 N–H and O–H groups in total. The number of para-hydroxylation sites is 1. The van der Waals surface area contributed by atoms with Gasteiger partial charge in [-0.15, -0.1) is 0 Å². The van der Waals surface area contributed by atoms with Crippen LogP contribution in [0.2, 0.25) is 0 Å². The number of carbonyl (C=O) groups excluding carboxylic acids is 2. The van der Waals surface area contributed by atoms with Crippen molar-refractivity contribution >= 4 is 34.8 Å². The molecule has 0 aromatic heterocycles. The first-order valence-electron chi connectivity index (χ1n) is 8.03. The Hall–Kier alpha value is -2.73. The minimum atomic E-state index is -0.206. The highest BCUT2D eigenvalue weighted by molar-refractivity contribution is 7.80. The van der Waals surface area contributed by atoms with E-state index in [1.165, 1.54) is 0 Å². The van der Waals surface area contributed by atoms with E-state index >= 15 is 0 Å². The lowest BCUT2D eigenvalue weighted by molar-refractivity contribution is -0.119. The van der Waals surface area contributed by atoms with Gasteiger partial charge in [0.2, 0.25) is 5.91 Å². The van der Waals surface area contributed by atoms with Crippen LogP contribution in [0.3, 0.4) is 0 Å². The van der Waals surface area contributed by atoms with E-state index in [1.807, 2.05) is 38.1 Å². The van der Waals surface area contributed by atoms with E-state index in [0.717, 1.165) is 11.1 Å². The van der Waals surface area contributed by atoms with E-state index < -0.39 is 0 Å². The molecular formula is C19H21N3O2S. The molecule has 0 aliphatic carbocycles. The second-order valence-corrected chi connectivity index (χ2v) is 5.92. The molecule has 0 heterocycles.